The lowest BCUT2D eigenvalue weighted by atomic mass is 9.53. The monoisotopic (exact) mass is 598 g/mol. The van der Waals surface area contributed by atoms with Crippen LogP contribution in [0.25, 0.3) is 0 Å². The predicted molar refractivity (Wildman–Crippen MR) is 162 cm³/mol. The molecule has 4 saturated heterocycles. The number of ether oxygens (including phenoxy) is 3. The SMILES string of the molecule is CC[C@@]1(c2ccccc2)NC(=O)NC1=O.COc1cc2c(cc1OC)[C@@]13CCN4CC5=CCO[C@H]6CC(=O)N2[C@H]1[C@H]6[C@H]5C[C@H]43. The average molecular weight is 599 g/mol. The van der Waals surface area contributed by atoms with Crippen molar-refractivity contribution in [2.75, 3.05) is 38.8 Å². The first-order chi connectivity index (χ1) is 21.4. The maximum Gasteiger partial charge on any atom is 0.322 e. The molecule has 2 aromatic carbocycles. The molecule has 1 spiro atoms. The Morgan fingerprint density at radius 3 is 2.55 bits per heavy atom. The molecule has 6 heterocycles. The van der Waals surface area contributed by atoms with Crippen LogP contribution in [0, 0.1) is 11.8 Å². The molecule has 2 bridgehead atoms. The topological polar surface area (TPSA) is 109 Å². The van der Waals surface area contributed by atoms with E-state index in [0.717, 1.165) is 36.5 Å². The molecule has 4 amide bonds. The molecule has 10 nitrogen and oxygen atoms in total. The summed E-state index contributed by atoms with van der Waals surface area (Å²) in [6.45, 7) is 4.68. The van der Waals surface area contributed by atoms with Crippen molar-refractivity contribution in [2.24, 2.45) is 11.8 Å². The number of imide groups is 1. The second-order valence-corrected chi connectivity index (χ2v) is 13.0. The number of carbonyl (C=O) groups excluding carboxylic acids is 3. The first-order valence-corrected chi connectivity index (χ1v) is 15.7. The normalized spacial score (nSPS) is 35.5. The van der Waals surface area contributed by atoms with E-state index < -0.39 is 11.6 Å². The molecule has 9 rings (SSSR count). The summed E-state index contributed by atoms with van der Waals surface area (Å²) < 4.78 is 17.6. The molecule has 1 saturated carbocycles. The van der Waals surface area contributed by atoms with Gasteiger partial charge in [0.2, 0.25) is 5.91 Å². The van der Waals surface area contributed by atoms with E-state index in [0.29, 0.717) is 43.1 Å². The van der Waals surface area contributed by atoms with Gasteiger partial charge in [0, 0.05) is 30.0 Å². The number of anilines is 1. The highest BCUT2D eigenvalue weighted by atomic mass is 16.5. The summed E-state index contributed by atoms with van der Waals surface area (Å²) in [4.78, 5) is 41.2. The molecule has 1 aliphatic carbocycles. The predicted octanol–water partition coefficient (Wildman–Crippen LogP) is 3.24. The van der Waals surface area contributed by atoms with Crippen LogP contribution in [0.5, 0.6) is 11.5 Å². The zero-order chi connectivity index (χ0) is 30.4. The molecule has 6 aliphatic heterocycles. The summed E-state index contributed by atoms with van der Waals surface area (Å²) in [6.07, 6.45) is 5.64. The smallest absolute Gasteiger partial charge is 0.322 e. The number of hydrogen-bond donors (Lipinski definition) is 2. The fourth-order valence-corrected chi connectivity index (χ4v) is 9.74. The molecule has 2 aromatic rings. The fourth-order valence-electron chi connectivity index (χ4n) is 9.74. The number of benzene rings is 2. The van der Waals surface area contributed by atoms with E-state index in [2.05, 4.69) is 32.6 Å². The highest BCUT2D eigenvalue weighted by molar-refractivity contribution is 6.07. The second kappa shape index (κ2) is 9.81. The molecule has 0 radical (unpaired) electrons. The first kappa shape index (κ1) is 27.6. The van der Waals surface area contributed by atoms with E-state index >= 15 is 0 Å². The van der Waals surface area contributed by atoms with Crippen molar-refractivity contribution in [3.05, 3.63) is 65.2 Å². The minimum absolute atomic E-state index is 0.0242. The van der Waals surface area contributed by atoms with Crippen LogP contribution in [-0.2, 0) is 25.3 Å². The number of methoxy groups -OCH3 is 2. The summed E-state index contributed by atoms with van der Waals surface area (Å²) in [5.74, 6) is 2.30. The van der Waals surface area contributed by atoms with Gasteiger partial charge in [-0.1, -0.05) is 48.9 Å². The van der Waals surface area contributed by atoms with Crippen LogP contribution in [0.2, 0.25) is 0 Å². The highest BCUT2D eigenvalue weighted by Gasteiger charge is 2.71. The summed E-state index contributed by atoms with van der Waals surface area (Å²) in [5, 5.41) is 4.95. The Kier molecular flexibility index (Phi) is 6.16. The molecule has 44 heavy (non-hydrogen) atoms. The van der Waals surface area contributed by atoms with Crippen LogP contribution in [0.1, 0.15) is 43.7 Å². The molecular formula is C34H38N4O6. The number of hydrogen-bond acceptors (Lipinski definition) is 7. The second-order valence-electron chi connectivity index (χ2n) is 13.0. The molecular weight excluding hydrogens is 560 g/mol. The molecule has 5 fully saturated rings. The van der Waals surface area contributed by atoms with Gasteiger partial charge < -0.3 is 24.4 Å². The molecule has 10 heteroatoms. The number of urea groups is 1. The van der Waals surface area contributed by atoms with Gasteiger partial charge in [0.25, 0.3) is 5.91 Å². The van der Waals surface area contributed by atoms with Gasteiger partial charge in [-0.05, 0) is 48.9 Å². The Labute approximate surface area is 256 Å². The standard InChI is InChI=1S/C23H26N2O4.C11H12N2O2/c1-27-16-8-14-15(9-17(16)28-2)25-20(26)10-18-21-13-7-19-23(14,22(21)25)4-5-24(19)11-12(13)3-6-29-18;1-2-11(8-6-4-3-5-7-8)9(14)12-10(15)13-11/h3,8-9,13,18-19,21-22H,4-7,10-11H2,1-2H3;3-7H,2H2,1H3,(H2,12,13,14,15)/t13-,18-,19-,21-,22-,23+;11-/m00/s1. The van der Waals surface area contributed by atoms with Gasteiger partial charge in [-0.2, -0.15) is 0 Å². The van der Waals surface area contributed by atoms with Crippen LogP contribution < -0.4 is 25.0 Å². The van der Waals surface area contributed by atoms with E-state index in [9.17, 15) is 14.4 Å². The van der Waals surface area contributed by atoms with Crippen molar-refractivity contribution in [2.45, 2.75) is 61.7 Å². The van der Waals surface area contributed by atoms with Gasteiger partial charge in [-0.25, -0.2) is 4.79 Å². The van der Waals surface area contributed by atoms with Crippen LogP contribution in [0.4, 0.5) is 10.5 Å². The van der Waals surface area contributed by atoms with Crippen LogP contribution in [-0.4, -0.2) is 74.8 Å². The van der Waals surface area contributed by atoms with Gasteiger partial charge >= 0.3 is 6.03 Å². The number of carbonyl (C=O) groups is 3. The van der Waals surface area contributed by atoms with Crippen LogP contribution >= 0.6 is 0 Å². The number of rotatable bonds is 4. The summed E-state index contributed by atoms with van der Waals surface area (Å²) in [6, 6.07) is 13.7. The lowest BCUT2D eigenvalue weighted by molar-refractivity contribution is -0.132. The van der Waals surface area contributed by atoms with Gasteiger partial charge in [0.05, 0.1) is 45.1 Å². The van der Waals surface area contributed by atoms with Crippen molar-refractivity contribution in [1.82, 2.24) is 15.5 Å². The van der Waals surface area contributed by atoms with E-state index in [1.165, 1.54) is 12.0 Å². The van der Waals surface area contributed by atoms with Crippen molar-refractivity contribution in [3.63, 3.8) is 0 Å². The lowest BCUT2D eigenvalue weighted by Crippen LogP contribution is -2.69. The van der Waals surface area contributed by atoms with E-state index in [1.807, 2.05) is 43.3 Å². The zero-order valence-electron chi connectivity index (χ0n) is 25.3. The number of fused-ring (bicyclic) bond motifs is 2. The zero-order valence-corrected chi connectivity index (χ0v) is 25.3. The van der Waals surface area contributed by atoms with Gasteiger partial charge in [0.15, 0.2) is 11.5 Å². The summed E-state index contributed by atoms with van der Waals surface area (Å²) in [5.41, 5.74) is 3.78. The van der Waals surface area contributed by atoms with Crippen molar-refractivity contribution in [3.8, 4) is 11.5 Å². The van der Waals surface area contributed by atoms with Gasteiger partial charge in [-0.15, -0.1) is 0 Å². The molecule has 7 atom stereocenters. The largest absolute Gasteiger partial charge is 0.493 e. The third kappa shape index (κ3) is 3.52. The Morgan fingerprint density at radius 2 is 1.84 bits per heavy atom. The van der Waals surface area contributed by atoms with Crippen molar-refractivity contribution >= 4 is 23.5 Å². The van der Waals surface area contributed by atoms with Crippen molar-refractivity contribution < 1.29 is 28.6 Å². The van der Waals surface area contributed by atoms with Gasteiger partial charge in [0.1, 0.15) is 5.54 Å². The first-order valence-electron chi connectivity index (χ1n) is 15.7. The third-order valence-corrected chi connectivity index (χ3v) is 11.6. The van der Waals surface area contributed by atoms with Gasteiger partial charge in [-0.3, -0.25) is 19.8 Å². The highest BCUT2D eigenvalue weighted by Crippen LogP contribution is 2.66. The minimum Gasteiger partial charge on any atom is -0.493 e. The summed E-state index contributed by atoms with van der Waals surface area (Å²) in [7, 11) is 3.36. The minimum atomic E-state index is -0.891. The maximum absolute atomic E-state index is 13.5. The molecule has 7 aliphatic rings. The average Bonchev–Trinajstić information content (AvgIpc) is 3.63. The Hall–Kier alpha value is -3.89. The van der Waals surface area contributed by atoms with Crippen molar-refractivity contribution in [1.29, 1.82) is 0 Å². The van der Waals surface area contributed by atoms with E-state index in [1.54, 1.807) is 19.8 Å². The molecule has 0 aromatic heterocycles. The number of nitrogens with one attached hydrogen (secondary N) is 2. The van der Waals surface area contributed by atoms with Crippen LogP contribution in [0.3, 0.4) is 0 Å². The van der Waals surface area contributed by atoms with E-state index in [4.69, 9.17) is 14.2 Å². The van der Waals surface area contributed by atoms with E-state index in [-0.39, 0.29) is 29.4 Å². The van der Waals surface area contributed by atoms with Crippen LogP contribution in [0.15, 0.2) is 54.1 Å². The Bertz CT molecular complexity index is 1590. The molecule has 0 unspecified atom stereocenters. The quantitative estimate of drug-likeness (QED) is 0.411. The number of piperidine rings is 2. The molecule has 2 N–H and O–H groups in total. The fraction of sp³-hybridized carbons (Fsp3) is 0.500. The third-order valence-electron chi connectivity index (χ3n) is 11.6. The number of nitrogens with zero attached hydrogens (tertiary/aromatic N) is 2. The lowest BCUT2D eigenvalue weighted by Gasteiger charge is -2.58. The Morgan fingerprint density at radius 1 is 1.07 bits per heavy atom. The summed E-state index contributed by atoms with van der Waals surface area (Å²) >= 11 is 0. The Balaban J connectivity index is 0.000000163. The maximum atomic E-state index is 13.5. The number of amides is 4. The molecule has 230 valence electrons.